The van der Waals surface area contributed by atoms with Crippen molar-refractivity contribution in [2.45, 2.75) is 42.9 Å². The van der Waals surface area contributed by atoms with Crippen molar-refractivity contribution >= 4 is 31.5 Å². The maximum atomic E-state index is 6.93. The summed E-state index contributed by atoms with van der Waals surface area (Å²) in [4.78, 5) is 16.0. The smallest absolute Gasteiger partial charge is 0.164 e. The zero-order chi connectivity index (χ0) is 39.7. The lowest BCUT2D eigenvalue weighted by Gasteiger charge is -2.66. The van der Waals surface area contributed by atoms with Gasteiger partial charge in [0.1, 0.15) is 11.5 Å². The third-order valence-corrected chi connectivity index (χ3v) is 17.6. The Morgan fingerprint density at radius 1 is 0.492 bits per heavy atom. The van der Waals surface area contributed by atoms with Gasteiger partial charge in [-0.25, -0.2) is 15.0 Å². The minimum absolute atomic E-state index is 0.351. The van der Waals surface area contributed by atoms with Crippen LogP contribution in [0.15, 0.2) is 158 Å². The summed E-state index contributed by atoms with van der Waals surface area (Å²) >= 11 is 1.82. The van der Waals surface area contributed by atoms with Crippen LogP contribution in [0.3, 0.4) is 0 Å². The monoisotopic (exact) mass is 801 g/mol. The first-order valence-corrected chi connectivity index (χ1v) is 22.8. The highest BCUT2D eigenvalue weighted by atomic mass is 32.1. The van der Waals surface area contributed by atoms with Gasteiger partial charge >= 0.3 is 0 Å². The van der Waals surface area contributed by atoms with E-state index in [0.29, 0.717) is 28.3 Å². The topological polar surface area (TPSA) is 47.9 Å². The highest BCUT2D eigenvalue weighted by Gasteiger charge is 2.77. The van der Waals surface area contributed by atoms with Gasteiger partial charge in [0, 0.05) is 48.0 Å². The summed E-state index contributed by atoms with van der Waals surface area (Å²) in [6.45, 7) is 0. The Labute approximate surface area is 358 Å². The summed E-state index contributed by atoms with van der Waals surface area (Å²) in [5, 5.41) is 2.42. The van der Waals surface area contributed by atoms with Crippen LogP contribution in [0.5, 0.6) is 11.5 Å². The second kappa shape index (κ2) is 11.5. The highest BCUT2D eigenvalue weighted by Crippen LogP contribution is 2.84. The Hall–Kier alpha value is -6.43. The Balaban J connectivity index is 0.914. The van der Waals surface area contributed by atoms with Crippen LogP contribution >= 0.6 is 11.3 Å². The van der Waals surface area contributed by atoms with E-state index in [1.807, 2.05) is 11.3 Å². The molecule has 6 aliphatic rings. The molecule has 4 saturated carbocycles. The largest absolute Gasteiger partial charge is 0.457 e. The molecule has 290 valence electrons. The molecule has 4 nitrogen and oxygen atoms in total. The molecule has 2 bridgehead atoms. The van der Waals surface area contributed by atoms with Crippen LogP contribution in [0.4, 0.5) is 0 Å². The van der Waals surface area contributed by atoms with Crippen molar-refractivity contribution in [1.29, 1.82) is 0 Å². The summed E-state index contributed by atoms with van der Waals surface area (Å²) < 4.78 is 9.42. The molecule has 5 heteroatoms. The van der Waals surface area contributed by atoms with Gasteiger partial charge in [-0.15, -0.1) is 11.3 Å². The number of hydrogen-bond acceptors (Lipinski definition) is 5. The first-order chi connectivity index (χ1) is 30.1. The average molecular weight is 802 g/mol. The molecule has 1 aliphatic heterocycles. The van der Waals surface area contributed by atoms with E-state index < -0.39 is 5.41 Å². The minimum atomic E-state index is -0.527. The summed E-state index contributed by atoms with van der Waals surface area (Å²) in [7, 11) is 0. The van der Waals surface area contributed by atoms with E-state index >= 15 is 0 Å². The fourth-order valence-electron chi connectivity index (χ4n) is 14.1. The number of aromatic nitrogens is 3. The third kappa shape index (κ3) is 4.09. The van der Waals surface area contributed by atoms with E-state index in [9.17, 15) is 0 Å². The van der Waals surface area contributed by atoms with Crippen molar-refractivity contribution in [2.75, 3.05) is 0 Å². The van der Waals surface area contributed by atoms with Gasteiger partial charge in [0.25, 0.3) is 0 Å². The fourth-order valence-corrected chi connectivity index (χ4v) is 15.2. The highest BCUT2D eigenvalue weighted by molar-refractivity contribution is 7.25. The van der Waals surface area contributed by atoms with Gasteiger partial charge in [0.15, 0.2) is 17.5 Å². The van der Waals surface area contributed by atoms with Crippen LogP contribution in [0, 0.1) is 23.2 Å². The second-order valence-electron chi connectivity index (χ2n) is 18.9. The van der Waals surface area contributed by atoms with Crippen LogP contribution in [0.1, 0.15) is 59.9 Å². The Morgan fingerprint density at radius 3 is 1.85 bits per heavy atom. The van der Waals surface area contributed by atoms with Crippen LogP contribution < -0.4 is 4.74 Å². The first-order valence-electron chi connectivity index (χ1n) is 22.0. The van der Waals surface area contributed by atoms with Crippen molar-refractivity contribution in [1.82, 2.24) is 15.0 Å². The lowest BCUT2D eigenvalue weighted by molar-refractivity contribution is -0.175. The molecule has 0 amide bonds. The van der Waals surface area contributed by atoms with Crippen molar-refractivity contribution < 1.29 is 4.74 Å². The number of hydrogen-bond donors (Lipinski definition) is 0. The van der Waals surface area contributed by atoms with Gasteiger partial charge in [0.2, 0.25) is 0 Å². The van der Waals surface area contributed by atoms with E-state index in [0.717, 1.165) is 57.1 Å². The van der Waals surface area contributed by atoms with Gasteiger partial charge in [-0.2, -0.15) is 0 Å². The molecule has 2 aromatic heterocycles. The lowest BCUT2D eigenvalue weighted by Crippen LogP contribution is -2.59. The number of rotatable bonds is 4. The van der Waals surface area contributed by atoms with E-state index in [2.05, 4.69) is 158 Å². The van der Waals surface area contributed by atoms with E-state index in [1.54, 1.807) is 0 Å². The molecule has 5 aliphatic carbocycles. The van der Waals surface area contributed by atoms with E-state index in [1.165, 1.54) is 80.1 Å². The number of para-hydroxylation sites is 1. The lowest BCUT2D eigenvalue weighted by atomic mass is 9.38. The number of benzene rings is 7. The summed E-state index contributed by atoms with van der Waals surface area (Å²) in [6.07, 6.45) is 7.10. The van der Waals surface area contributed by atoms with Crippen molar-refractivity contribution in [3.8, 4) is 56.8 Å². The third-order valence-electron chi connectivity index (χ3n) is 16.5. The van der Waals surface area contributed by atoms with Crippen LogP contribution in [-0.4, -0.2) is 15.0 Å². The van der Waals surface area contributed by atoms with Crippen molar-refractivity contribution in [3.63, 3.8) is 0 Å². The normalized spacial score (nSPS) is 25.0. The molecule has 0 radical (unpaired) electrons. The van der Waals surface area contributed by atoms with Gasteiger partial charge < -0.3 is 4.74 Å². The van der Waals surface area contributed by atoms with E-state index in [-0.39, 0.29) is 0 Å². The Kier molecular flexibility index (Phi) is 6.27. The maximum absolute atomic E-state index is 6.93. The molecule has 5 atom stereocenters. The standard InChI is InChI=1S/C56H39N3OS/c1-4-14-42-38(10-1)39-11-2-5-15-43(39)56(42)44-16-6-7-17-46(44)60-47-26-33(22-25-45(47)56)52-57-51(58-53(59-52)41-13-9-19-49-50(41)40-12-3-8-18-48(40)61-49)32-20-23-34(24-21-32)54-29-36-27-35-28-37(30-54)55(35,36)31-54/h1-26,35-37H,27-31H2/t35?,36-,37+,54?,55?. The molecule has 0 N–H and O–H groups in total. The second-order valence-corrected chi connectivity index (χ2v) is 19.9. The Morgan fingerprint density at radius 2 is 1.10 bits per heavy atom. The molecule has 3 unspecified atom stereocenters. The number of nitrogens with zero attached hydrogens (tertiary/aromatic N) is 3. The first kappa shape index (κ1) is 33.3. The van der Waals surface area contributed by atoms with Crippen LogP contribution in [0.25, 0.3) is 65.5 Å². The molecule has 7 aromatic carbocycles. The van der Waals surface area contributed by atoms with Gasteiger partial charge in [-0.3, -0.25) is 0 Å². The predicted molar refractivity (Wildman–Crippen MR) is 244 cm³/mol. The quantitative estimate of drug-likeness (QED) is 0.178. The molecule has 9 aromatic rings. The average Bonchev–Trinajstić information content (AvgIpc) is 4.03. The SMILES string of the molecule is c1ccc2c(c1)Oc1cc(-c3nc(-c4ccc(C56C[C@H]7CC8C[C@@H](C5)C87C6)cc4)nc(-c4cccc5sc6ccccc6c45)n3)ccc1C21c2ccccc2-c2ccccc21. The predicted octanol–water partition coefficient (Wildman–Crippen LogP) is 13.8. The van der Waals surface area contributed by atoms with Gasteiger partial charge in [-0.1, -0.05) is 133 Å². The molecule has 61 heavy (non-hydrogen) atoms. The number of thiophene rings is 1. The summed E-state index contributed by atoms with van der Waals surface area (Å²) in [5.74, 6) is 6.61. The zero-order valence-electron chi connectivity index (χ0n) is 33.4. The zero-order valence-corrected chi connectivity index (χ0v) is 34.3. The fraction of sp³-hybridized carbons (Fsp3) is 0.196. The Bertz CT molecular complexity index is 3320. The molecule has 0 saturated heterocycles. The molecule has 4 fully saturated rings. The van der Waals surface area contributed by atoms with Crippen molar-refractivity contribution in [3.05, 3.63) is 186 Å². The summed E-state index contributed by atoms with van der Waals surface area (Å²) in [6, 6.07) is 57.5. The van der Waals surface area contributed by atoms with Gasteiger partial charge in [-0.05, 0) is 113 Å². The number of ether oxygens (including phenoxy) is 1. The molecular weight excluding hydrogens is 763 g/mol. The van der Waals surface area contributed by atoms with E-state index in [4.69, 9.17) is 19.7 Å². The molecule has 3 heterocycles. The van der Waals surface area contributed by atoms with Crippen molar-refractivity contribution in [2.24, 2.45) is 23.2 Å². The summed E-state index contributed by atoms with van der Waals surface area (Å²) in [5.41, 5.74) is 12.3. The molecule has 2 spiro atoms. The molecular formula is C56H39N3OS. The van der Waals surface area contributed by atoms with Crippen LogP contribution in [0.2, 0.25) is 0 Å². The number of fused-ring (bicyclic) bond motifs is 13. The molecule has 15 rings (SSSR count). The minimum Gasteiger partial charge on any atom is -0.457 e. The maximum Gasteiger partial charge on any atom is 0.164 e. The van der Waals surface area contributed by atoms with Gasteiger partial charge in [0.05, 0.1) is 5.41 Å². The van der Waals surface area contributed by atoms with Crippen LogP contribution in [-0.2, 0) is 10.8 Å².